The fraction of sp³-hybridized carbons (Fsp3) is 0.765. The number of hydrogen-bond donors (Lipinski definition) is 1. The summed E-state index contributed by atoms with van der Waals surface area (Å²) in [5.74, 6) is 1.24. The van der Waals surface area contributed by atoms with Crippen LogP contribution in [0.2, 0.25) is 0 Å². The van der Waals surface area contributed by atoms with Crippen molar-refractivity contribution in [2.45, 2.75) is 58.8 Å². The molecule has 4 nitrogen and oxygen atoms in total. The highest BCUT2D eigenvalue weighted by atomic mass is 32.2. The highest BCUT2D eigenvalue weighted by Gasteiger charge is 2.29. The summed E-state index contributed by atoms with van der Waals surface area (Å²) in [5, 5.41) is 3.11. The minimum Gasteiger partial charge on any atom is -0.464 e. The zero-order valence-electron chi connectivity index (χ0n) is 14.3. The van der Waals surface area contributed by atoms with Gasteiger partial charge in [0.15, 0.2) is 0 Å². The first-order valence-corrected chi connectivity index (χ1v) is 9.12. The molecule has 0 saturated carbocycles. The van der Waals surface area contributed by atoms with Crippen LogP contribution in [0.5, 0.6) is 0 Å². The summed E-state index contributed by atoms with van der Waals surface area (Å²) >= 11 is 1.75. The maximum atomic E-state index is 12.0. The Labute approximate surface area is 138 Å². The molecular formula is C17H29NO3S. The first-order valence-electron chi connectivity index (χ1n) is 8.07. The van der Waals surface area contributed by atoms with Gasteiger partial charge in [-0.2, -0.15) is 11.8 Å². The molecule has 3 atom stereocenters. The van der Waals surface area contributed by atoms with E-state index in [1.807, 2.05) is 0 Å². The van der Waals surface area contributed by atoms with Crippen molar-refractivity contribution in [1.29, 1.82) is 0 Å². The third-order valence-corrected chi connectivity index (χ3v) is 5.40. The lowest BCUT2D eigenvalue weighted by atomic mass is 9.82. The molecule has 1 amide bonds. The average molecular weight is 327 g/mol. The highest BCUT2D eigenvalue weighted by molar-refractivity contribution is 8.00. The smallest absolute Gasteiger partial charge is 0.329 e. The van der Waals surface area contributed by atoms with E-state index in [0.29, 0.717) is 29.4 Å². The molecule has 1 aliphatic rings. The number of amides is 1. The molecule has 2 unspecified atom stereocenters. The Kier molecular flexibility index (Phi) is 8.01. The van der Waals surface area contributed by atoms with Crippen molar-refractivity contribution in [3.63, 3.8) is 0 Å². The summed E-state index contributed by atoms with van der Waals surface area (Å²) in [6.45, 7) is 10.2. The van der Waals surface area contributed by atoms with E-state index in [-0.39, 0.29) is 11.9 Å². The van der Waals surface area contributed by atoms with Gasteiger partial charge in [0.2, 0.25) is 5.91 Å². The van der Waals surface area contributed by atoms with E-state index in [2.05, 4.69) is 32.2 Å². The Morgan fingerprint density at radius 1 is 1.45 bits per heavy atom. The molecule has 0 fully saturated rings. The van der Waals surface area contributed by atoms with Crippen LogP contribution < -0.4 is 5.32 Å². The Hall–Kier alpha value is -0.970. The molecule has 1 aliphatic carbocycles. The van der Waals surface area contributed by atoms with Gasteiger partial charge in [-0.05, 0) is 38.5 Å². The van der Waals surface area contributed by atoms with Crippen LogP contribution in [0.1, 0.15) is 47.5 Å². The van der Waals surface area contributed by atoms with Gasteiger partial charge in [-0.3, -0.25) is 4.79 Å². The lowest BCUT2D eigenvalue weighted by Crippen LogP contribution is -2.43. The number of carbonyl (C=O) groups excluding carboxylic acids is 2. The fourth-order valence-corrected chi connectivity index (χ4v) is 4.45. The first-order chi connectivity index (χ1) is 10.3. The molecule has 0 saturated heterocycles. The van der Waals surface area contributed by atoms with Crippen LogP contribution in [0.25, 0.3) is 0 Å². The lowest BCUT2D eigenvalue weighted by Gasteiger charge is -2.33. The minimum atomic E-state index is -0.564. The molecule has 126 valence electrons. The van der Waals surface area contributed by atoms with E-state index < -0.39 is 6.04 Å². The SMILES string of the molecule is CCOC(=O)[C@H](CSC1C=C(C)CCC1C(C)C)NC(C)=O. The molecule has 0 spiro atoms. The second-order valence-electron chi connectivity index (χ2n) is 6.26. The van der Waals surface area contributed by atoms with Gasteiger partial charge >= 0.3 is 5.97 Å². The van der Waals surface area contributed by atoms with Crippen molar-refractivity contribution in [2.75, 3.05) is 12.4 Å². The van der Waals surface area contributed by atoms with Crippen LogP contribution in [0.3, 0.4) is 0 Å². The van der Waals surface area contributed by atoms with Crippen LogP contribution in [0, 0.1) is 11.8 Å². The molecule has 0 bridgehead atoms. The second-order valence-corrected chi connectivity index (χ2v) is 7.47. The standard InChI is InChI=1S/C17H29NO3S/c1-6-21-17(20)15(18-13(5)19)10-22-16-9-12(4)7-8-14(16)11(2)3/h9,11,14-16H,6-8,10H2,1-5H3,(H,18,19)/t14?,15-,16?/m0/s1. The summed E-state index contributed by atoms with van der Waals surface area (Å²) in [5.41, 5.74) is 1.42. The Balaban J connectivity index is 2.70. The number of allylic oxidation sites excluding steroid dienone is 1. The third kappa shape index (κ3) is 6.03. The van der Waals surface area contributed by atoms with Crippen molar-refractivity contribution < 1.29 is 14.3 Å². The molecule has 1 N–H and O–H groups in total. The van der Waals surface area contributed by atoms with Crippen molar-refractivity contribution in [3.8, 4) is 0 Å². The number of nitrogens with one attached hydrogen (secondary N) is 1. The molecular weight excluding hydrogens is 298 g/mol. The minimum absolute atomic E-state index is 0.200. The van der Waals surface area contributed by atoms with Crippen LogP contribution >= 0.6 is 11.8 Å². The number of carbonyl (C=O) groups is 2. The maximum absolute atomic E-state index is 12.0. The van der Waals surface area contributed by atoms with E-state index >= 15 is 0 Å². The van der Waals surface area contributed by atoms with Gasteiger partial charge in [-0.25, -0.2) is 4.79 Å². The van der Waals surface area contributed by atoms with Crippen LogP contribution in [-0.2, 0) is 14.3 Å². The van der Waals surface area contributed by atoms with Crippen molar-refractivity contribution >= 4 is 23.6 Å². The van der Waals surface area contributed by atoms with Crippen molar-refractivity contribution in [2.24, 2.45) is 11.8 Å². The molecule has 1 rings (SSSR count). The Morgan fingerprint density at radius 3 is 2.68 bits per heavy atom. The highest BCUT2D eigenvalue weighted by Crippen LogP contribution is 2.36. The summed E-state index contributed by atoms with van der Waals surface area (Å²) < 4.78 is 5.06. The van der Waals surface area contributed by atoms with Gasteiger partial charge in [0.1, 0.15) is 6.04 Å². The number of esters is 1. The quantitative estimate of drug-likeness (QED) is 0.576. The van der Waals surface area contributed by atoms with E-state index in [9.17, 15) is 9.59 Å². The number of ether oxygens (including phenoxy) is 1. The third-order valence-electron chi connectivity index (χ3n) is 4.00. The molecule has 0 aromatic heterocycles. The normalized spacial score (nSPS) is 22.9. The second kappa shape index (κ2) is 9.23. The van der Waals surface area contributed by atoms with Gasteiger partial charge < -0.3 is 10.1 Å². The van der Waals surface area contributed by atoms with E-state index in [1.165, 1.54) is 18.9 Å². The van der Waals surface area contributed by atoms with E-state index in [1.54, 1.807) is 18.7 Å². The van der Waals surface area contributed by atoms with Gasteiger partial charge in [-0.15, -0.1) is 0 Å². The molecule has 0 aromatic rings. The van der Waals surface area contributed by atoms with Crippen molar-refractivity contribution in [3.05, 3.63) is 11.6 Å². The first kappa shape index (κ1) is 19.1. The predicted molar refractivity (Wildman–Crippen MR) is 91.8 cm³/mol. The Morgan fingerprint density at radius 2 is 2.14 bits per heavy atom. The van der Waals surface area contributed by atoms with Crippen LogP contribution in [-0.4, -0.2) is 35.5 Å². The lowest BCUT2D eigenvalue weighted by molar-refractivity contribution is -0.146. The molecule has 0 radical (unpaired) electrons. The molecule has 0 aromatic carbocycles. The topological polar surface area (TPSA) is 55.4 Å². The van der Waals surface area contributed by atoms with Gasteiger partial charge in [0.05, 0.1) is 6.61 Å². The molecule has 0 aliphatic heterocycles. The fourth-order valence-electron chi connectivity index (χ4n) is 2.79. The van der Waals surface area contributed by atoms with Crippen LogP contribution in [0.15, 0.2) is 11.6 Å². The summed E-state index contributed by atoms with van der Waals surface area (Å²) in [6, 6.07) is -0.564. The van der Waals surface area contributed by atoms with E-state index in [0.717, 1.165) is 6.42 Å². The number of rotatable bonds is 7. The molecule has 22 heavy (non-hydrogen) atoms. The van der Waals surface area contributed by atoms with E-state index in [4.69, 9.17) is 4.74 Å². The van der Waals surface area contributed by atoms with Gasteiger partial charge in [-0.1, -0.05) is 25.5 Å². The monoisotopic (exact) mass is 327 g/mol. The summed E-state index contributed by atoms with van der Waals surface area (Å²) in [6.07, 6.45) is 4.68. The van der Waals surface area contributed by atoms with Gasteiger partial charge in [0, 0.05) is 17.9 Å². The maximum Gasteiger partial charge on any atom is 0.329 e. The largest absolute Gasteiger partial charge is 0.464 e. The van der Waals surface area contributed by atoms with Crippen molar-refractivity contribution in [1.82, 2.24) is 5.32 Å². The molecule has 0 heterocycles. The Bertz CT molecular complexity index is 420. The van der Waals surface area contributed by atoms with Gasteiger partial charge in [0.25, 0.3) is 0 Å². The van der Waals surface area contributed by atoms with Crippen LogP contribution in [0.4, 0.5) is 0 Å². The summed E-state index contributed by atoms with van der Waals surface area (Å²) in [7, 11) is 0. The summed E-state index contributed by atoms with van der Waals surface area (Å²) in [4.78, 5) is 23.3. The zero-order valence-corrected chi connectivity index (χ0v) is 15.2. The average Bonchev–Trinajstić information content (AvgIpc) is 2.42. The predicted octanol–water partition coefficient (Wildman–Crippen LogP) is 3.17. The molecule has 5 heteroatoms. The number of hydrogen-bond acceptors (Lipinski definition) is 4. The number of thioether (sulfide) groups is 1. The zero-order chi connectivity index (χ0) is 16.7.